The van der Waals surface area contributed by atoms with Gasteiger partial charge in [0.15, 0.2) is 0 Å². The smallest absolute Gasteiger partial charge is 0.121 e. The van der Waals surface area contributed by atoms with Crippen LogP contribution in [0.5, 0.6) is 5.75 Å². The number of piperazine rings is 1. The highest BCUT2D eigenvalue weighted by Gasteiger charge is 2.16. The maximum atomic E-state index is 10.3. The minimum absolute atomic E-state index is 0.641. The largest absolute Gasteiger partial charge is 0.497 e. The van der Waals surface area contributed by atoms with Gasteiger partial charge in [-0.1, -0.05) is 0 Å². The first-order chi connectivity index (χ1) is 8.83. The number of ether oxygens (including phenoxy) is 1. The zero-order chi connectivity index (χ0) is 12.8. The van der Waals surface area contributed by atoms with Crippen LogP contribution in [0.4, 0.5) is 5.69 Å². The third kappa shape index (κ3) is 3.23. The Bertz CT molecular complexity index is 370. The minimum atomic E-state index is 0.641. The summed E-state index contributed by atoms with van der Waals surface area (Å²) in [5, 5.41) is 0. The van der Waals surface area contributed by atoms with Gasteiger partial charge in [-0.25, -0.2) is 0 Å². The van der Waals surface area contributed by atoms with Crippen molar-refractivity contribution in [3.63, 3.8) is 0 Å². The molecule has 0 spiro atoms. The molecule has 0 radical (unpaired) electrons. The summed E-state index contributed by atoms with van der Waals surface area (Å²) >= 11 is 0. The summed E-state index contributed by atoms with van der Waals surface area (Å²) in [6.07, 6.45) is 1.64. The van der Waals surface area contributed by atoms with Crippen LogP contribution in [-0.2, 0) is 4.79 Å². The Kier molecular flexibility index (Phi) is 4.59. The third-order valence-corrected chi connectivity index (χ3v) is 3.37. The molecule has 0 atom stereocenters. The monoisotopic (exact) mass is 248 g/mol. The average molecular weight is 248 g/mol. The van der Waals surface area contributed by atoms with Crippen LogP contribution < -0.4 is 9.64 Å². The molecular weight excluding hydrogens is 228 g/mol. The van der Waals surface area contributed by atoms with Gasteiger partial charge in [0, 0.05) is 44.8 Å². The van der Waals surface area contributed by atoms with E-state index in [1.807, 2.05) is 12.1 Å². The van der Waals surface area contributed by atoms with Crippen LogP contribution in [0.3, 0.4) is 0 Å². The van der Waals surface area contributed by atoms with Gasteiger partial charge in [-0.05, 0) is 24.3 Å². The second kappa shape index (κ2) is 6.40. The molecule has 0 aliphatic carbocycles. The lowest BCUT2D eigenvalue weighted by Crippen LogP contribution is -2.46. The van der Waals surface area contributed by atoms with Crippen molar-refractivity contribution in [3.05, 3.63) is 24.3 Å². The fraction of sp³-hybridized carbons (Fsp3) is 0.500. The molecule has 1 heterocycles. The molecule has 0 saturated carbocycles. The van der Waals surface area contributed by atoms with Crippen LogP contribution in [0.25, 0.3) is 0 Å². The lowest BCUT2D eigenvalue weighted by Gasteiger charge is -2.35. The van der Waals surface area contributed by atoms with Crippen molar-refractivity contribution in [2.24, 2.45) is 0 Å². The van der Waals surface area contributed by atoms with E-state index in [1.54, 1.807) is 7.11 Å². The van der Waals surface area contributed by atoms with Gasteiger partial charge in [0.1, 0.15) is 12.0 Å². The van der Waals surface area contributed by atoms with E-state index >= 15 is 0 Å². The highest BCUT2D eigenvalue weighted by Crippen LogP contribution is 2.20. The molecule has 1 aliphatic heterocycles. The van der Waals surface area contributed by atoms with E-state index in [4.69, 9.17) is 4.74 Å². The number of aldehydes is 1. The van der Waals surface area contributed by atoms with Crippen LogP contribution in [0.2, 0.25) is 0 Å². The molecule has 4 nitrogen and oxygen atoms in total. The summed E-state index contributed by atoms with van der Waals surface area (Å²) in [5.74, 6) is 0.892. The van der Waals surface area contributed by atoms with Crippen molar-refractivity contribution in [1.82, 2.24) is 4.90 Å². The van der Waals surface area contributed by atoms with Gasteiger partial charge < -0.3 is 14.4 Å². The van der Waals surface area contributed by atoms with Gasteiger partial charge in [-0.3, -0.25) is 4.90 Å². The fourth-order valence-corrected chi connectivity index (χ4v) is 2.26. The fourth-order valence-electron chi connectivity index (χ4n) is 2.26. The molecule has 1 aromatic carbocycles. The van der Waals surface area contributed by atoms with Crippen LogP contribution in [0.1, 0.15) is 6.42 Å². The summed E-state index contributed by atoms with van der Waals surface area (Å²) in [6.45, 7) is 4.98. The van der Waals surface area contributed by atoms with Gasteiger partial charge >= 0.3 is 0 Å². The lowest BCUT2D eigenvalue weighted by molar-refractivity contribution is -0.108. The number of rotatable bonds is 5. The Morgan fingerprint density at radius 3 is 2.39 bits per heavy atom. The molecule has 0 amide bonds. The first-order valence-electron chi connectivity index (χ1n) is 6.38. The molecule has 2 rings (SSSR count). The van der Waals surface area contributed by atoms with Crippen LogP contribution in [-0.4, -0.2) is 51.0 Å². The summed E-state index contributed by atoms with van der Waals surface area (Å²) in [6, 6.07) is 8.18. The van der Waals surface area contributed by atoms with E-state index in [0.29, 0.717) is 6.42 Å². The molecule has 1 aromatic rings. The van der Waals surface area contributed by atoms with Gasteiger partial charge in [0.2, 0.25) is 0 Å². The second-order valence-electron chi connectivity index (χ2n) is 4.48. The average Bonchev–Trinajstić information content (AvgIpc) is 2.46. The molecular formula is C14H20N2O2. The quantitative estimate of drug-likeness (QED) is 0.738. The molecule has 18 heavy (non-hydrogen) atoms. The maximum Gasteiger partial charge on any atom is 0.121 e. The Morgan fingerprint density at radius 2 is 1.83 bits per heavy atom. The minimum Gasteiger partial charge on any atom is -0.497 e. The molecule has 0 aromatic heterocycles. The summed E-state index contributed by atoms with van der Waals surface area (Å²) in [4.78, 5) is 15.1. The maximum absolute atomic E-state index is 10.3. The Morgan fingerprint density at radius 1 is 1.17 bits per heavy atom. The summed E-state index contributed by atoms with van der Waals surface area (Å²) in [5.41, 5.74) is 1.24. The molecule has 4 heteroatoms. The van der Waals surface area contributed by atoms with Crippen molar-refractivity contribution in [3.8, 4) is 5.75 Å². The predicted molar refractivity (Wildman–Crippen MR) is 72.3 cm³/mol. The van der Waals surface area contributed by atoms with E-state index in [1.165, 1.54) is 5.69 Å². The summed E-state index contributed by atoms with van der Waals surface area (Å²) in [7, 11) is 1.68. The molecule has 98 valence electrons. The number of nitrogens with zero attached hydrogens (tertiary/aromatic N) is 2. The van der Waals surface area contributed by atoms with Crippen molar-refractivity contribution < 1.29 is 9.53 Å². The molecule has 0 unspecified atom stereocenters. The van der Waals surface area contributed by atoms with E-state index in [9.17, 15) is 4.79 Å². The zero-order valence-corrected chi connectivity index (χ0v) is 10.8. The molecule has 0 bridgehead atoms. The SMILES string of the molecule is COc1ccc(N2CCN(CCC=O)CC2)cc1. The van der Waals surface area contributed by atoms with E-state index in [-0.39, 0.29) is 0 Å². The molecule has 1 saturated heterocycles. The number of benzene rings is 1. The highest BCUT2D eigenvalue weighted by atomic mass is 16.5. The number of carbonyl (C=O) groups excluding carboxylic acids is 1. The Labute approximate surface area is 108 Å². The topological polar surface area (TPSA) is 32.8 Å². The third-order valence-electron chi connectivity index (χ3n) is 3.37. The van der Waals surface area contributed by atoms with Crippen molar-refractivity contribution in [1.29, 1.82) is 0 Å². The number of hydrogen-bond acceptors (Lipinski definition) is 4. The molecule has 1 aliphatic rings. The van der Waals surface area contributed by atoms with E-state index in [2.05, 4.69) is 21.9 Å². The predicted octanol–water partition coefficient (Wildman–Crippen LogP) is 1.41. The number of methoxy groups -OCH3 is 1. The second-order valence-corrected chi connectivity index (χ2v) is 4.48. The van der Waals surface area contributed by atoms with Gasteiger partial charge in [-0.2, -0.15) is 0 Å². The first kappa shape index (κ1) is 12.9. The Hall–Kier alpha value is -1.55. The highest BCUT2D eigenvalue weighted by molar-refractivity contribution is 5.50. The van der Waals surface area contributed by atoms with E-state index < -0.39 is 0 Å². The lowest BCUT2D eigenvalue weighted by atomic mass is 10.2. The van der Waals surface area contributed by atoms with E-state index in [0.717, 1.165) is 44.8 Å². The summed E-state index contributed by atoms with van der Waals surface area (Å²) < 4.78 is 5.16. The van der Waals surface area contributed by atoms with Gasteiger partial charge in [0.25, 0.3) is 0 Å². The van der Waals surface area contributed by atoms with Crippen LogP contribution >= 0.6 is 0 Å². The van der Waals surface area contributed by atoms with Crippen molar-refractivity contribution >= 4 is 12.0 Å². The van der Waals surface area contributed by atoms with Gasteiger partial charge in [0.05, 0.1) is 7.11 Å². The standard InChI is InChI=1S/C14H20N2O2/c1-18-14-5-3-13(4-6-14)16-10-8-15(9-11-16)7-2-12-17/h3-6,12H,2,7-11H2,1H3. The Balaban J connectivity index is 1.86. The van der Waals surface area contributed by atoms with Gasteiger partial charge in [-0.15, -0.1) is 0 Å². The molecule has 0 N–H and O–H groups in total. The van der Waals surface area contributed by atoms with Crippen molar-refractivity contribution in [2.75, 3.05) is 44.7 Å². The van der Waals surface area contributed by atoms with Crippen LogP contribution in [0, 0.1) is 0 Å². The normalized spacial score (nSPS) is 16.6. The number of carbonyl (C=O) groups is 1. The first-order valence-corrected chi connectivity index (χ1v) is 6.38. The molecule has 1 fully saturated rings. The number of hydrogen-bond donors (Lipinski definition) is 0. The van der Waals surface area contributed by atoms with Crippen molar-refractivity contribution in [2.45, 2.75) is 6.42 Å². The number of anilines is 1. The van der Waals surface area contributed by atoms with Crippen LogP contribution in [0.15, 0.2) is 24.3 Å². The zero-order valence-electron chi connectivity index (χ0n) is 10.8.